The molecule has 0 atom stereocenters. The van der Waals surface area contributed by atoms with E-state index in [1.807, 2.05) is 79.3 Å². The lowest BCUT2D eigenvalue weighted by molar-refractivity contribution is 0.102. The lowest BCUT2D eigenvalue weighted by atomic mass is 10.1. The topological polar surface area (TPSA) is 90.5 Å². The first-order valence-electron chi connectivity index (χ1n) is 9.93. The van der Waals surface area contributed by atoms with Crippen LogP contribution >= 0.6 is 11.3 Å². The summed E-state index contributed by atoms with van der Waals surface area (Å²) >= 11 is 1.37. The minimum absolute atomic E-state index is 0.209. The molecule has 0 aliphatic carbocycles. The third kappa shape index (κ3) is 3.81. The number of amides is 1. The number of carbonyl (C=O) groups excluding carboxylic acids is 1. The second kappa shape index (κ2) is 8.20. The maximum absolute atomic E-state index is 12.8. The number of aryl methyl sites for hydroxylation is 2. The van der Waals surface area contributed by atoms with Crippen LogP contribution in [0.3, 0.4) is 0 Å². The Morgan fingerprint density at radius 1 is 1.06 bits per heavy atom. The van der Waals surface area contributed by atoms with E-state index < -0.39 is 0 Å². The van der Waals surface area contributed by atoms with Gasteiger partial charge in [-0.1, -0.05) is 64.6 Å². The Kier molecular flexibility index (Phi) is 5.08. The third-order valence-electron chi connectivity index (χ3n) is 4.94. The third-order valence-corrected chi connectivity index (χ3v) is 5.91. The van der Waals surface area contributed by atoms with Gasteiger partial charge in [0, 0.05) is 25.0 Å². The van der Waals surface area contributed by atoms with Gasteiger partial charge in [-0.15, -0.1) is 5.10 Å². The van der Waals surface area contributed by atoms with Gasteiger partial charge in [-0.2, -0.15) is 0 Å². The van der Waals surface area contributed by atoms with Crippen LogP contribution in [0.25, 0.3) is 27.6 Å². The number of anilines is 1. The average molecular weight is 442 g/mol. The highest BCUT2D eigenvalue weighted by molar-refractivity contribution is 7.19. The number of nitrogens with zero attached hydrogens (tertiary/aromatic N) is 6. The van der Waals surface area contributed by atoms with Crippen LogP contribution in [0.5, 0.6) is 0 Å². The highest BCUT2D eigenvalue weighted by Gasteiger charge is 2.20. The first-order chi connectivity index (χ1) is 15.6. The predicted octanol–water partition coefficient (Wildman–Crippen LogP) is 4.35. The zero-order valence-corrected chi connectivity index (χ0v) is 18.2. The summed E-state index contributed by atoms with van der Waals surface area (Å²) in [7, 11) is 1.93. The minimum Gasteiger partial charge on any atom is -0.333 e. The molecule has 8 nitrogen and oxygen atoms in total. The number of benzene rings is 2. The SMILES string of the molecule is Cc1ccc(-n2cc(C(=O)Nc3nc(-c4ccccc4)c(-c4nccn4C)s3)nn2)cc1. The number of imidazole rings is 1. The Morgan fingerprint density at radius 2 is 1.84 bits per heavy atom. The maximum atomic E-state index is 12.8. The van der Waals surface area contributed by atoms with Crippen molar-refractivity contribution in [2.24, 2.45) is 7.05 Å². The van der Waals surface area contributed by atoms with Gasteiger partial charge < -0.3 is 4.57 Å². The van der Waals surface area contributed by atoms with Crippen molar-refractivity contribution in [1.82, 2.24) is 29.5 Å². The fraction of sp³-hybridized carbons (Fsp3) is 0.0870. The van der Waals surface area contributed by atoms with Gasteiger partial charge in [0.25, 0.3) is 5.91 Å². The van der Waals surface area contributed by atoms with Crippen LogP contribution < -0.4 is 5.32 Å². The van der Waals surface area contributed by atoms with E-state index in [4.69, 9.17) is 4.98 Å². The van der Waals surface area contributed by atoms with E-state index in [2.05, 4.69) is 20.6 Å². The Bertz CT molecular complexity index is 1380. The van der Waals surface area contributed by atoms with Crippen LogP contribution in [-0.2, 0) is 7.05 Å². The fourth-order valence-electron chi connectivity index (χ4n) is 3.25. The second-order valence-electron chi connectivity index (χ2n) is 7.26. The van der Waals surface area contributed by atoms with Crippen molar-refractivity contribution in [2.75, 3.05) is 5.32 Å². The summed E-state index contributed by atoms with van der Waals surface area (Å²) in [6.07, 6.45) is 5.22. The lowest BCUT2D eigenvalue weighted by Crippen LogP contribution is -2.12. The van der Waals surface area contributed by atoms with E-state index in [-0.39, 0.29) is 11.6 Å². The molecule has 0 unspecified atom stereocenters. The van der Waals surface area contributed by atoms with Gasteiger partial charge in [0.05, 0.1) is 22.5 Å². The molecule has 32 heavy (non-hydrogen) atoms. The van der Waals surface area contributed by atoms with Crippen LogP contribution in [0.15, 0.2) is 73.2 Å². The molecule has 3 aromatic heterocycles. The van der Waals surface area contributed by atoms with Gasteiger partial charge in [-0.05, 0) is 19.1 Å². The van der Waals surface area contributed by atoms with Gasteiger partial charge in [0.1, 0.15) is 0 Å². The van der Waals surface area contributed by atoms with Gasteiger partial charge in [0.15, 0.2) is 16.6 Å². The molecule has 5 rings (SSSR count). The summed E-state index contributed by atoms with van der Waals surface area (Å²) in [5.74, 6) is 0.412. The van der Waals surface area contributed by atoms with Crippen molar-refractivity contribution in [2.45, 2.75) is 6.92 Å². The molecule has 1 N–H and O–H groups in total. The molecule has 0 saturated heterocycles. The van der Waals surface area contributed by atoms with Crippen LogP contribution in [0, 0.1) is 6.92 Å². The van der Waals surface area contributed by atoms with E-state index in [1.54, 1.807) is 17.1 Å². The highest BCUT2D eigenvalue weighted by atomic mass is 32.1. The number of carbonyl (C=O) groups is 1. The molecule has 2 aromatic carbocycles. The Morgan fingerprint density at radius 3 is 2.56 bits per heavy atom. The summed E-state index contributed by atoms with van der Waals surface area (Å²) in [4.78, 5) is 22.9. The molecule has 158 valence electrons. The van der Waals surface area contributed by atoms with Crippen LogP contribution in [0.4, 0.5) is 5.13 Å². The van der Waals surface area contributed by atoms with Crippen LogP contribution in [-0.4, -0.2) is 35.4 Å². The molecular weight excluding hydrogens is 422 g/mol. The molecule has 0 aliphatic rings. The highest BCUT2D eigenvalue weighted by Crippen LogP contribution is 2.38. The van der Waals surface area contributed by atoms with E-state index in [0.29, 0.717) is 5.13 Å². The molecule has 0 saturated carbocycles. The molecule has 1 amide bonds. The second-order valence-corrected chi connectivity index (χ2v) is 8.26. The molecule has 0 spiro atoms. The zero-order valence-electron chi connectivity index (χ0n) is 17.4. The smallest absolute Gasteiger partial charge is 0.279 e. The summed E-state index contributed by atoms with van der Waals surface area (Å²) in [6, 6.07) is 17.7. The van der Waals surface area contributed by atoms with E-state index in [0.717, 1.165) is 33.2 Å². The van der Waals surface area contributed by atoms with E-state index in [1.165, 1.54) is 11.3 Å². The maximum Gasteiger partial charge on any atom is 0.279 e. The molecule has 3 heterocycles. The first kappa shape index (κ1) is 19.8. The fourth-order valence-corrected chi connectivity index (χ4v) is 4.28. The Labute approximate surface area is 188 Å². The van der Waals surface area contributed by atoms with Crippen molar-refractivity contribution in [1.29, 1.82) is 0 Å². The first-order valence-corrected chi connectivity index (χ1v) is 10.7. The molecular formula is C23H19N7OS. The van der Waals surface area contributed by atoms with Crippen LogP contribution in [0.2, 0.25) is 0 Å². The number of hydrogen-bond donors (Lipinski definition) is 1. The summed E-state index contributed by atoms with van der Waals surface area (Å²) in [6.45, 7) is 2.01. The lowest BCUT2D eigenvalue weighted by Gasteiger charge is -2.02. The van der Waals surface area contributed by atoms with E-state index >= 15 is 0 Å². The number of hydrogen-bond acceptors (Lipinski definition) is 6. The zero-order chi connectivity index (χ0) is 22.1. The van der Waals surface area contributed by atoms with Crippen molar-refractivity contribution in [3.8, 4) is 27.6 Å². The molecule has 9 heteroatoms. The van der Waals surface area contributed by atoms with Crippen molar-refractivity contribution in [3.05, 3.63) is 84.4 Å². The van der Waals surface area contributed by atoms with Gasteiger partial charge in [0.2, 0.25) is 0 Å². The Hall–Kier alpha value is -4.11. The van der Waals surface area contributed by atoms with Crippen LogP contribution in [0.1, 0.15) is 16.1 Å². The number of aromatic nitrogens is 6. The van der Waals surface area contributed by atoms with E-state index in [9.17, 15) is 4.79 Å². The number of thiazole rings is 1. The number of rotatable bonds is 5. The largest absolute Gasteiger partial charge is 0.333 e. The summed E-state index contributed by atoms with van der Waals surface area (Å²) in [5.41, 5.74) is 3.91. The standard InChI is InChI=1S/C23H19N7OS/c1-15-8-10-17(11-9-15)30-14-18(27-28-30)22(31)26-23-25-19(16-6-4-3-5-7-16)20(32-23)21-24-12-13-29(21)2/h3-14H,1-2H3,(H,25,26,31). The average Bonchev–Trinajstić information content (AvgIpc) is 3.54. The van der Waals surface area contributed by atoms with Gasteiger partial charge in [-0.3, -0.25) is 10.1 Å². The van der Waals surface area contributed by atoms with Gasteiger partial charge >= 0.3 is 0 Å². The molecule has 0 fully saturated rings. The minimum atomic E-state index is -0.372. The molecule has 0 radical (unpaired) electrons. The molecule has 0 bridgehead atoms. The summed E-state index contributed by atoms with van der Waals surface area (Å²) < 4.78 is 3.50. The normalized spacial score (nSPS) is 10.9. The molecule has 5 aromatic rings. The Balaban J connectivity index is 1.44. The molecule has 0 aliphatic heterocycles. The number of nitrogens with one attached hydrogen (secondary N) is 1. The van der Waals surface area contributed by atoms with Crippen molar-refractivity contribution in [3.63, 3.8) is 0 Å². The predicted molar refractivity (Wildman–Crippen MR) is 124 cm³/mol. The summed E-state index contributed by atoms with van der Waals surface area (Å²) in [5, 5.41) is 11.4. The quantitative estimate of drug-likeness (QED) is 0.438. The monoisotopic (exact) mass is 441 g/mol. The van der Waals surface area contributed by atoms with Gasteiger partial charge in [-0.25, -0.2) is 14.6 Å². The van der Waals surface area contributed by atoms with Crippen molar-refractivity contribution < 1.29 is 4.79 Å². The van der Waals surface area contributed by atoms with Crippen molar-refractivity contribution >= 4 is 22.4 Å².